The minimum atomic E-state index is -4.78. The van der Waals surface area contributed by atoms with Crippen LogP contribution in [0.4, 0.5) is 13.2 Å². The number of carbonyl (C=O) groups is 1. The van der Waals surface area contributed by atoms with Gasteiger partial charge in [0.05, 0.1) is 23.0 Å². The highest BCUT2D eigenvalue weighted by atomic mass is 79.9. The summed E-state index contributed by atoms with van der Waals surface area (Å²) in [7, 11) is 0. The van der Waals surface area contributed by atoms with Crippen LogP contribution in [0.2, 0.25) is 0 Å². The second-order valence-corrected chi connectivity index (χ2v) is 6.96. The highest BCUT2D eigenvalue weighted by molar-refractivity contribution is 9.10. The molecule has 0 amide bonds. The Morgan fingerprint density at radius 3 is 2.53 bits per heavy atom. The van der Waals surface area contributed by atoms with Crippen LogP contribution in [0.25, 0.3) is 5.69 Å². The van der Waals surface area contributed by atoms with Crippen LogP contribution in [0, 0.1) is 0 Å². The molecule has 0 fully saturated rings. The molecule has 30 heavy (non-hydrogen) atoms. The summed E-state index contributed by atoms with van der Waals surface area (Å²) in [5.41, 5.74) is 0.904. The van der Waals surface area contributed by atoms with Gasteiger partial charge in [0.1, 0.15) is 23.9 Å². The van der Waals surface area contributed by atoms with Crippen LogP contribution < -0.4 is 9.47 Å². The van der Waals surface area contributed by atoms with E-state index in [9.17, 15) is 23.1 Å². The maximum absolute atomic E-state index is 12.9. The number of alkyl halides is 3. The molecule has 2 aromatic carbocycles. The first-order chi connectivity index (χ1) is 14.1. The molecular formula is C20H14BrF3N2O4. The summed E-state index contributed by atoms with van der Waals surface area (Å²) >= 11 is 3.30. The van der Waals surface area contributed by atoms with Crippen molar-refractivity contribution in [2.45, 2.75) is 6.36 Å². The van der Waals surface area contributed by atoms with E-state index in [0.29, 0.717) is 10.2 Å². The Hall–Kier alpha value is -3.27. The lowest BCUT2D eigenvalue weighted by Crippen LogP contribution is -2.17. The molecule has 0 aliphatic heterocycles. The Kier molecular flexibility index (Phi) is 6.16. The van der Waals surface area contributed by atoms with Crippen molar-refractivity contribution in [3.63, 3.8) is 0 Å². The maximum atomic E-state index is 12.9. The first-order valence-corrected chi connectivity index (χ1v) is 9.16. The number of aromatic nitrogens is 2. The lowest BCUT2D eigenvalue weighted by atomic mass is 10.1. The molecule has 10 heteroatoms. The van der Waals surface area contributed by atoms with Gasteiger partial charge >= 0.3 is 6.36 Å². The van der Waals surface area contributed by atoms with Crippen LogP contribution in [0.3, 0.4) is 0 Å². The zero-order valence-electron chi connectivity index (χ0n) is 15.2. The lowest BCUT2D eigenvalue weighted by Gasteiger charge is -2.10. The average molecular weight is 483 g/mol. The Morgan fingerprint density at radius 1 is 1.20 bits per heavy atom. The van der Waals surface area contributed by atoms with Crippen LogP contribution in [0.5, 0.6) is 11.5 Å². The molecule has 3 rings (SSSR count). The molecule has 156 valence electrons. The molecule has 0 spiro atoms. The van der Waals surface area contributed by atoms with Crippen LogP contribution in [-0.2, 0) is 0 Å². The predicted molar refractivity (Wildman–Crippen MR) is 105 cm³/mol. The second kappa shape index (κ2) is 8.62. The third-order valence-electron chi connectivity index (χ3n) is 3.76. The van der Waals surface area contributed by atoms with Crippen molar-refractivity contribution in [1.29, 1.82) is 0 Å². The van der Waals surface area contributed by atoms with Crippen LogP contribution in [0.15, 0.2) is 71.7 Å². The molecule has 1 aromatic heterocycles. The molecule has 0 unspecified atom stereocenters. The molecule has 0 atom stereocenters. The topological polar surface area (TPSA) is 73.6 Å². The van der Waals surface area contributed by atoms with E-state index in [-0.39, 0.29) is 35.0 Å². The Balaban J connectivity index is 1.83. The summed E-state index contributed by atoms with van der Waals surface area (Å²) in [5.74, 6) is -0.698. The number of aliphatic hydroxyl groups excluding tert-OH is 1. The van der Waals surface area contributed by atoms with Crippen molar-refractivity contribution in [2.75, 3.05) is 6.61 Å². The fourth-order valence-electron chi connectivity index (χ4n) is 2.50. The molecule has 6 nitrogen and oxygen atoms in total. The van der Waals surface area contributed by atoms with E-state index in [1.165, 1.54) is 29.2 Å². The fraction of sp³-hybridized carbons (Fsp3) is 0.100. The molecule has 0 saturated heterocycles. The van der Waals surface area contributed by atoms with Gasteiger partial charge in [0.2, 0.25) is 0 Å². The quantitative estimate of drug-likeness (QED) is 0.369. The standard InChI is InChI=1S/C20H14BrF3N2O4/c1-12(27)11-29-18-7-2-14(21)8-17(18)19(28)13-9-25-26(10-13)15-3-5-16(6-4-15)30-20(22,23)24/h2-10,27H,1,11H2. The van der Waals surface area contributed by atoms with Crippen LogP contribution in [-0.4, -0.2) is 33.6 Å². The van der Waals surface area contributed by atoms with Gasteiger partial charge in [-0.05, 0) is 42.5 Å². The summed E-state index contributed by atoms with van der Waals surface area (Å²) in [4.78, 5) is 12.9. The van der Waals surface area contributed by atoms with Crippen molar-refractivity contribution in [3.8, 4) is 17.2 Å². The number of nitrogens with zero attached hydrogens (tertiary/aromatic N) is 2. The number of aliphatic hydroxyl groups is 1. The molecule has 1 heterocycles. The van der Waals surface area contributed by atoms with E-state index in [4.69, 9.17) is 4.74 Å². The Bertz CT molecular complexity index is 1080. The van der Waals surface area contributed by atoms with Crippen LogP contribution >= 0.6 is 15.9 Å². The molecule has 3 aromatic rings. The number of hydrogen-bond donors (Lipinski definition) is 1. The number of rotatable bonds is 7. The molecule has 0 radical (unpaired) electrons. The largest absolute Gasteiger partial charge is 0.573 e. The first kappa shape index (κ1) is 21.4. The van der Waals surface area contributed by atoms with E-state index in [2.05, 4.69) is 32.3 Å². The zero-order chi connectivity index (χ0) is 21.9. The first-order valence-electron chi connectivity index (χ1n) is 8.37. The molecule has 0 saturated carbocycles. The van der Waals surface area contributed by atoms with Gasteiger partial charge in [0.25, 0.3) is 0 Å². The van der Waals surface area contributed by atoms with E-state index in [1.54, 1.807) is 18.2 Å². The van der Waals surface area contributed by atoms with Crippen molar-refractivity contribution >= 4 is 21.7 Å². The van der Waals surface area contributed by atoms with Crippen molar-refractivity contribution in [2.24, 2.45) is 0 Å². The summed E-state index contributed by atoms with van der Waals surface area (Å²) in [6.07, 6.45) is -2.01. The summed E-state index contributed by atoms with van der Waals surface area (Å²) in [5, 5.41) is 13.3. The average Bonchev–Trinajstić information content (AvgIpc) is 3.16. The van der Waals surface area contributed by atoms with E-state index < -0.39 is 12.1 Å². The SMILES string of the molecule is C=C(O)COc1ccc(Br)cc1C(=O)c1cnn(-c2ccc(OC(F)(F)F)cc2)c1. The van der Waals surface area contributed by atoms with Gasteiger partial charge < -0.3 is 14.6 Å². The minimum absolute atomic E-state index is 0.173. The normalized spacial score (nSPS) is 11.2. The summed E-state index contributed by atoms with van der Waals surface area (Å²) < 4.78 is 48.0. The third kappa shape index (κ3) is 5.41. The fourth-order valence-corrected chi connectivity index (χ4v) is 2.86. The van der Waals surface area contributed by atoms with E-state index in [1.807, 2.05) is 0 Å². The Morgan fingerprint density at radius 2 is 1.90 bits per heavy atom. The van der Waals surface area contributed by atoms with Gasteiger partial charge in [0, 0.05) is 10.7 Å². The smallest absolute Gasteiger partial charge is 0.509 e. The number of carbonyl (C=O) groups excluding carboxylic acids is 1. The zero-order valence-corrected chi connectivity index (χ0v) is 16.8. The highest BCUT2D eigenvalue weighted by Gasteiger charge is 2.31. The van der Waals surface area contributed by atoms with Gasteiger partial charge in [-0.25, -0.2) is 4.68 Å². The van der Waals surface area contributed by atoms with E-state index in [0.717, 1.165) is 12.1 Å². The molecule has 0 bridgehead atoms. The van der Waals surface area contributed by atoms with Crippen molar-refractivity contribution in [3.05, 3.63) is 82.8 Å². The molecule has 1 N–H and O–H groups in total. The number of benzene rings is 2. The third-order valence-corrected chi connectivity index (χ3v) is 4.25. The van der Waals surface area contributed by atoms with Gasteiger partial charge in [-0.2, -0.15) is 5.10 Å². The van der Waals surface area contributed by atoms with Gasteiger partial charge in [-0.3, -0.25) is 4.79 Å². The number of hydrogen-bond acceptors (Lipinski definition) is 5. The number of ketones is 1. The number of halogens is 4. The van der Waals surface area contributed by atoms with Crippen molar-refractivity contribution in [1.82, 2.24) is 9.78 Å². The maximum Gasteiger partial charge on any atom is 0.573 e. The van der Waals surface area contributed by atoms with Gasteiger partial charge in [-0.1, -0.05) is 22.5 Å². The Labute approximate surface area is 177 Å². The summed E-state index contributed by atoms with van der Waals surface area (Å²) in [6.45, 7) is 3.16. The number of ether oxygens (including phenoxy) is 2. The molecular weight excluding hydrogens is 469 g/mol. The van der Waals surface area contributed by atoms with Gasteiger partial charge in [0.15, 0.2) is 5.78 Å². The highest BCUT2D eigenvalue weighted by Crippen LogP contribution is 2.27. The minimum Gasteiger partial charge on any atom is -0.509 e. The van der Waals surface area contributed by atoms with Crippen molar-refractivity contribution < 1.29 is 32.5 Å². The van der Waals surface area contributed by atoms with Gasteiger partial charge in [-0.15, -0.1) is 13.2 Å². The lowest BCUT2D eigenvalue weighted by molar-refractivity contribution is -0.274. The summed E-state index contributed by atoms with van der Waals surface area (Å²) in [6, 6.07) is 9.87. The molecule has 0 aliphatic rings. The predicted octanol–water partition coefficient (Wildman–Crippen LogP) is 5.21. The van der Waals surface area contributed by atoms with Crippen LogP contribution in [0.1, 0.15) is 15.9 Å². The monoisotopic (exact) mass is 482 g/mol. The second-order valence-electron chi connectivity index (χ2n) is 6.04. The van der Waals surface area contributed by atoms with E-state index >= 15 is 0 Å². The molecule has 0 aliphatic carbocycles.